The molecule has 3 rings (SSSR count). The average molecular weight is 415 g/mol. The fourth-order valence-corrected chi connectivity index (χ4v) is 4.98. The number of esters is 1. The van der Waals surface area contributed by atoms with Gasteiger partial charge in [0.25, 0.3) is 5.91 Å². The number of benzene rings is 1. The van der Waals surface area contributed by atoms with E-state index in [2.05, 4.69) is 5.32 Å². The van der Waals surface area contributed by atoms with Gasteiger partial charge in [-0.15, -0.1) is 11.3 Å². The Kier molecular flexibility index (Phi) is 6.69. The number of ether oxygens (including phenoxy) is 1. The summed E-state index contributed by atoms with van der Waals surface area (Å²) in [6.45, 7) is 5.38. The highest BCUT2D eigenvalue weighted by Crippen LogP contribution is 2.38. The normalized spacial score (nSPS) is 12.8. The second-order valence-electron chi connectivity index (χ2n) is 7.10. The molecule has 0 unspecified atom stereocenters. The van der Waals surface area contributed by atoms with Gasteiger partial charge < -0.3 is 15.0 Å². The van der Waals surface area contributed by atoms with E-state index in [1.54, 1.807) is 4.90 Å². The number of para-hydroxylation sites is 1. The number of rotatable bonds is 6. The predicted molar refractivity (Wildman–Crippen MR) is 115 cm³/mol. The number of aryl methyl sites for hydroxylation is 2. The van der Waals surface area contributed by atoms with E-state index in [1.165, 1.54) is 18.3 Å². The van der Waals surface area contributed by atoms with Crippen LogP contribution in [-0.2, 0) is 27.2 Å². The molecule has 0 bridgehead atoms. The highest BCUT2D eigenvalue weighted by Gasteiger charge is 2.28. The number of fused-ring (bicyclic) bond motifs is 1. The van der Waals surface area contributed by atoms with Gasteiger partial charge in [0.1, 0.15) is 5.00 Å². The Morgan fingerprint density at radius 2 is 1.90 bits per heavy atom. The van der Waals surface area contributed by atoms with Gasteiger partial charge in [-0.3, -0.25) is 9.59 Å². The van der Waals surface area contributed by atoms with E-state index < -0.39 is 5.97 Å². The van der Waals surface area contributed by atoms with Crippen LogP contribution >= 0.6 is 11.3 Å². The molecule has 29 heavy (non-hydrogen) atoms. The number of nitrogens with one attached hydrogen (secondary N) is 1. The minimum Gasteiger partial charge on any atom is -0.452 e. The van der Waals surface area contributed by atoms with Crippen molar-refractivity contribution in [1.29, 1.82) is 0 Å². The lowest BCUT2D eigenvalue weighted by molar-refractivity contribution is -0.121. The molecule has 1 N–H and O–H groups in total. The number of thiophene rings is 1. The molecule has 0 radical (unpaired) electrons. The van der Waals surface area contributed by atoms with Crippen molar-refractivity contribution < 1.29 is 19.1 Å². The third-order valence-corrected chi connectivity index (χ3v) is 6.22. The minimum absolute atomic E-state index is 0.231. The first-order valence-corrected chi connectivity index (χ1v) is 10.7. The number of likely N-dealkylation sites (N-methyl/N-ethyl adjacent to an activating group) is 1. The Hall–Kier alpha value is -2.67. The van der Waals surface area contributed by atoms with Crippen molar-refractivity contribution in [2.24, 2.45) is 0 Å². The van der Waals surface area contributed by atoms with Gasteiger partial charge in [0.2, 0.25) is 5.91 Å². The van der Waals surface area contributed by atoms with Gasteiger partial charge in [0, 0.05) is 24.0 Å². The molecule has 0 atom stereocenters. The van der Waals surface area contributed by atoms with Gasteiger partial charge in [0.15, 0.2) is 6.61 Å². The smallest absolute Gasteiger partial charge is 0.341 e. The molecule has 0 spiro atoms. The van der Waals surface area contributed by atoms with Crippen molar-refractivity contribution in [2.75, 3.05) is 23.4 Å². The molecule has 0 aliphatic heterocycles. The molecule has 154 valence electrons. The van der Waals surface area contributed by atoms with Gasteiger partial charge in [-0.05, 0) is 56.7 Å². The van der Waals surface area contributed by atoms with Crippen LogP contribution in [0.3, 0.4) is 0 Å². The van der Waals surface area contributed by atoms with Gasteiger partial charge in [0.05, 0.1) is 5.56 Å². The van der Waals surface area contributed by atoms with E-state index in [0.717, 1.165) is 47.4 Å². The van der Waals surface area contributed by atoms with Crippen LogP contribution in [0, 0.1) is 6.92 Å². The molecule has 0 saturated heterocycles. The SMILES string of the molecule is CCN(C(=O)COC(=O)c1c(NC(C)=O)sc2c1CCCC2)c1ccccc1C. The monoisotopic (exact) mass is 414 g/mol. The van der Waals surface area contributed by atoms with Crippen LogP contribution in [0.15, 0.2) is 24.3 Å². The summed E-state index contributed by atoms with van der Waals surface area (Å²) in [5, 5.41) is 3.27. The third kappa shape index (κ3) is 4.67. The van der Waals surface area contributed by atoms with Crippen LogP contribution in [0.25, 0.3) is 0 Å². The lowest BCUT2D eigenvalue weighted by Gasteiger charge is -2.22. The van der Waals surface area contributed by atoms with E-state index in [4.69, 9.17) is 4.74 Å². The van der Waals surface area contributed by atoms with Crippen molar-refractivity contribution >= 4 is 39.8 Å². The maximum absolute atomic E-state index is 12.9. The van der Waals surface area contributed by atoms with Gasteiger partial charge in [-0.25, -0.2) is 4.79 Å². The molecule has 1 aromatic heterocycles. The van der Waals surface area contributed by atoms with Crippen molar-refractivity contribution in [3.63, 3.8) is 0 Å². The molecule has 1 heterocycles. The second-order valence-corrected chi connectivity index (χ2v) is 8.20. The number of anilines is 2. The zero-order valence-corrected chi connectivity index (χ0v) is 17.9. The number of hydrogen-bond acceptors (Lipinski definition) is 5. The molecule has 0 saturated carbocycles. The van der Waals surface area contributed by atoms with Crippen LogP contribution in [0.1, 0.15) is 53.1 Å². The summed E-state index contributed by atoms with van der Waals surface area (Å²) in [7, 11) is 0. The quantitative estimate of drug-likeness (QED) is 0.722. The topological polar surface area (TPSA) is 75.7 Å². The van der Waals surface area contributed by atoms with Crippen LogP contribution in [0.4, 0.5) is 10.7 Å². The largest absolute Gasteiger partial charge is 0.452 e. The lowest BCUT2D eigenvalue weighted by Crippen LogP contribution is -2.35. The maximum atomic E-state index is 12.9. The Morgan fingerprint density at radius 3 is 2.59 bits per heavy atom. The highest BCUT2D eigenvalue weighted by atomic mass is 32.1. The number of nitrogens with zero attached hydrogens (tertiary/aromatic N) is 1. The summed E-state index contributed by atoms with van der Waals surface area (Å²) in [5.41, 5.74) is 3.15. The summed E-state index contributed by atoms with van der Waals surface area (Å²) < 4.78 is 5.41. The van der Waals surface area contributed by atoms with E-state index in [9.17, 15) is 14.4 Å². The Balaban J connectivity index is 1.76. The summed E-state index contributed by atoms with van der Waals surface area (Å²) in [6.07, 6.45) is 3.75. The molecular formula is C22H26N2O4S. The van der Waals surface area contributed by atoms with Crippen LogP contribution < -0.4 is 10.2 Å². The third-order valence-electron chi connectivity index (χ3n) is 5.02. The first-order valence-electron chi connectivity index (χ1n) is 9.87. The fraction of sp³-hybridized carbons (Fsp3) is 0.409. The average Bonchev–Trinajstić information content (AvgIpc) is 3.05. The highest BCUT2D eigenvalue weighted by molar-refractivity contribution is 7.17. The summed E-state index contributed by atoms with van der Waals surface area (Å²) >= 11 is 1.43. The van der Waals surface area contributed by atoms with Crippen molar-refractivity contribution in [2.45, 2.75) is 46.5 Å². The number of carbonyl (C=O) groups excluding carboxylic acids is 3. The van der Waals surface area contributed by atoms with Crippen LogP contribution in [-0.4, -0.2) is 30.9 Å². The molecule has 1 aliphatic carbocycles. The van der Waals surface area contributed by atoms with E-state index in [-0.39, 0.29) is 18.4 Å². The summed E-state index contributed by atoms with van der Waals surface area (Å²) in [6, 6.07) is 7.61. The minimum atomic E-state index is -0.553. The van der Waals surface area contributed by atoms with Gasteiger partial charge in [-0.1, -0.05) is 18.2 Å². The number of carbonyl (C=O) groups is 3. The Morgan fingerprint density at radius 1 is 1.17 bits per heavy atom. The molecule has 1 aliphatic rings. The first kappa shape index (κ1) is 21.0. The molecule has 1 aromatic carbocycles. The Bertz CT molecular complexity index is 935. The van der Waals surface area contributed by atoms with E-state index in [1.807, 2.05) is 38.1 Å². The molecule has 2 aromatic rings. The number of amides is 2. The van der Waals surface area contributed by atoms with Crippen molar-refractivity contribution in [3.8, 4) is 0 Å². The summed E-state index contributed by atoms with van der Waals surface area (Å²) in [5.74, 6) is -1.06. The van der Waals surface area contributed by atoms with Crippen molar-refractivity contribution in [1.82, 2.24) is 0 Å². The maximum Gasteiger partial charge on any atom is 0.341 e. The predicted octanol–water partition coefficient (Wildman–Crippen LogP) is 4.10. The fourth-order valence-electron chi connectivity index (χ4n) is 3.65. The standard InChI is InChI=1S/C22H26N2O4S/c1-4-24(17-11-7-5-9-14(17)2)19(26)13-28-22(27)20-16-10-6-8-12-18(16)29-21(20)23-15(3)25/h5,7,9,11H,4,6,8,10,12-13H2,1-3H3,(H,23,25). The van der Waals surface area contributed by atoms with Crippen LogP contribution in [0.5, 0.6) is 0 Å². The zero-order chi connectivity index (χ0) is 21.0. The van der Waals surface area contributed by atoms with Crippen LogP contribution in [0.2, 0.25) is 0 Å². The molecule has 0 fully saturated rings. The van der Waals surface area contributed by atoms with E-state index >= 15 is 0 Å². The van der Waals surface area contributed by atoms with Crippen molar-refractivity contribution in [3.05, 3.63) is 45.8 Å². The molecule has 7 heteroatoms. The Labute approximate surface area is 174 Å². The van der Waals surface area contributed by atoms with Gasteiger partial charge >= 0.3 is 5.97 Å². The molecule has 2 amide bonds. The lowest BCUT2D eigenvalue weighted by atomic mass is 9.95. The van der Waals surface area contributed by atoms with E-state index in [0.29, 0.717) is 17.1 Å². The number of hydrogen-bond donors (Lipinski definition) is 1. The zero-order valence-electron chi connectivity index (χ0n) is 17.0. The van der Waals surface area contributed by atoms with Gasteiger partial charge in [-0.2, -0.15) is 0 Å². The first-order chi connectivity index (χ1) is 13.9. The second kappa shape index (κ2) is 9.22. The summed E-state index contributed by atoms with van der Waals surface area (Å²) in [4.78, 5) is 39.9. The molecular weight excluding hydrogens is 388 g/mol. The molecule has 6 nitrogen and oxygen atoms in total.